The summed E-state index contributed by atoms with van der Waals surface area (Å²) in [6.45, 7) is 2.88. The SMILES string of the molecule is Cc1ccc(C(=O)Nc2ccc(-c3ccc4c(c3)C(=O)N(C3(OC=O)CCC3)C4)cc2)cc1. The summed E-state index contributed by atoms with van der Waals surface area (Å²) in [5.74, 6) is -0.260. The second-order valence-corrected chi connectivity index (χ2v) is 8.67. The number of amides is 2. The molecule has 5 rings (SSSR count). The van der Waals surface area contributed by atoms with Crippen LogP contribution in [-0.2, 0) is 16.1 Å². The molecule has 33 heavy (non-hydrogen) atoms. The monoisotopic (exact) mass is 440 g/mol. The van der Waals surface area contributed by atoms with Crippen molar-refractivity contribution < 1.29 is 19.1 Å². The molecule has 0 radical (unpaired) electrons. The van der Waals surface area contributed by atoms with Crippen molar-refractivity contribution in [1.29, 1.82) is 0 Å². The third kappa shape index (κ3) is 3.78. The van der Waals surface area contributed by atoms with E-state index in [1.807, 2.05) is 61.5 Å². The molecule has 3 aromatic carbocycles. The maximum absolute atomic E-state index is 13.1. The lowest BCUT2D eigenvalue weighted by Crippen LogP contribution is -2.55. The van der Waals surface area contributed by atoms with Crippen molar-refractivity contribution in [2.45, 2.75) is 38.5 Å². The van der Waals surface area contributed by atoms with E-state index in [-0.39, 0.29) is 11.8 Å². The molecule has 1 aliphatic carbocycles. The van der Waals surface area contributed by atoms with Crippen molar-refractivity contribution in [2.24, 2.45) is 0 Å². The van der Waals surface area contributed by atoms with Crippen LogP contribution in [0.15, 0.2) is 66.7 Å². The fourth-order valence-corrected chi connectivity index (χ4v) is 4.48. The number of anilines is 1. The van der Waals surface area contributed by atoms with Gasteiger partial charge >= 0.3 is 0 Å². The summed E-state index contributed by atoms with van der Waals surface area (Å²) in [5.41, 5.74) is 5.05. The summed E-state index contributed by atoms with van der Waals surface area (Å²) in [4.78, 5) is 38.2. The number of nitrogens with one attached hydrogen (secondary N) is 1. The summed E-state index contributed by atoms with van der Waals surface area (Å²) < 4.78 is 5.34. The number of nitrogens with zero attached hydrogens (tertiary/aromatic N) is 1. The molecule has 0 aromatic heterocycles. The van der Waals surface area contributed by atoms with Gasteiger partial charge in [-0.25, -0.2) is 0 Å². The quantitative estimate of drug-likeness (QED) is 0.552. The van der Waals surface area contributed by atoms with Gasteiger partial charge in [0, 0.05) is 29.7 Å². The fourth-order valence-electron chi connectivity index (χ4n) is 4.48. The van der Waals surface area contributed by atoms with Crippen LogP contribution in [0.5, 0.6) is 0 Å². The first-order valence-corrected chi connectivity index (χ1v) is 11.0. The van der Waals surface area contributed by atoms with Gasteiger partial charge in [0.1, 0.15) is 0 Å². The predicted molar refractivity (Wildman–Crippen MR) is 125 cm³/mol. The van der Waals surface area contributed by atoms with Crippen LogP contribution in [0.25, 0.3) is 11.1 Å². The standard InChI is InChI=1S/C27H24N2O4/c1-18-3-5-20(6-4-18)25(31)28-23-11-9-19(10-12-23)21-7-8-22-16-29(26(32)24(22)15-21)27(33-17-30)13-2-14-27/h3-12,15,17H,2,13-14,16H2,1H3,(H,28,31). The molecule has 0 atom stereocenters. The number of carbonyl (C=O) groups excluding carboxylic acids is 3. The summed E-state index contributed by atoms with van der Waals surface area (Å²) in [6.07, 6.45) is 2.29. The molecule has 0 unspecified atom stereocenters. The average Bonchev–Trinajstić information content (AvgIpc) is 3.13. The Morgan fingerprint density at radius 3 is 2.33 bits per heavy atom. The van der Waals surface area contributed by atoms with Gasteiger partial charge in [0.25, 0.3) is 18.3 Å². The number of aryl methyl sites for hydroxylation is 1. The second kappa shape index (κ2) is 8.20. The van der Waals surface area contributed by atoms with Gasteiger partial charge < -0.3 is 10.1 Å². The minimum atomic E-state index is -0.796. The van der Waals surface area contributed by atoms with Gasteiger partial charge in [0.15, 0.2) is 5.72 Å². The van der Waals surface area contributed by atoms with E-state index in [1.165, 1.54) is 0 Å². The Morgan fingerprint density at radius 1 is 1.00 bits per heavy atom. The van der Waals surface area contributed by atoms with Crippen LogP contribution in [0.3, 0.4) is 0 Å². The van der Waals surface area contributed by atoms with Gasteiger partial charge in [-0.15, -0.1) is 0 Å². The highest BCUT2D eigenvalue weighted by Gasteiger charge is 2.50. The minimum Gasteiger partial charge on any atom is -0.441 e. The topological polar surface area (TPSA) is 75.7 Å². The molecule has 2 amide bonds. The fraction of sp³-hybridized carbons (Fsp3) is 0.222. The lowest BCUT2D eigenvalue weighted by atomic mass is 9.86. The minimum absolute atomic E-state index is 0.101. The van der Waals surface area contributed by atoms with Crippen LogP contribution in [0.1, 0.15) is 51.1 Å². The Morgan fingerprint density at radius 2 is 1.70 bits per heavy atom. The first-order chi connectivity index (χ1) is 16.0. The molecular weight excluding hydrogens is 416 g/mol. The molecule has 1 fully saturated rings. The maximum atomic E-state index is 13.1. The van der Waals surface area contributed by atoms with Crippen molar-refractivity contribution in [3.05, 3.63) is 89.0 Å². The van der Waals surface area contributed by atoms with Crippen LogP contribution in [-0.4, -0.2) is 28.9 Å². The third-order valence-electron chi connectivity index (χ3n) is 6.60. The zero-order valence-electron chi connectivity index (χ0n) is 18.3. The largest absolute Gasteiger partial charge is 0.441 e. The summed E-state index contributed by atoms with van der Waals surface area (Å²) in [6, 6.07) is 20.8. The number of carbonyl (C=O) groups is 3. The summed E-state index contributed by atoms with van der Waals surface area (Å²) in [5, 5.41) is 2.91. The Kier molecular flexibility index (Phi) is 5.21. The maximum Gasteiger partial charge on any atom is 0.295 e. The average molecular weight is 440 g/mol. The van der Waals surface area contributed by atoms with E-state index in [2.05, 4.69) is 5.32 Å². The lowest BCUT2D eigenvalue weighted by Gasteiger charge is -2.46. The molecular formula is C27H24N2O4. The Hall–Kier alpha value is -3.93. The molecule has 1 N–H and O–H groups in total. The van der Waals surface area contributed by atoms with E-state index >= 15 is 0 Å². The highest BCUT2D eigenvalue weighted by molar-refractivity contribution is 6.04. The molecule has 6 nitrogen and oxygen atoms in total. The number of ether oxygens (including phenoxy) is 1. The highest BCUT2D eigenvalue weighted by Crippen LogP contribution is 2.43. The molecule has 0 saturated heterocycles. The molecule has 0 bridgehead atoms. The van der Waals surface area contributed by atoms with Crippen molar-refractivity contribution in [3.8, 4) is 11.1 Å². The van der Waals surface area contributed by atoms with Gasteiger partial charge in [-0.3, -0.25) is 19.3 Å². The molecule has 166 valence electrons. The van der Waals surface area contributed by atoms with E-state index in [0.29, 0.717) is 42.7 Å². The predicted octanol–water partition coefficient (Wildman–Crippen LogP) is 4.92. The zero-order valence-corrected chi connectivity index (χ0v) is 18.3. The van der Waals surface area contributed by atoms with Gasteiger partial charge in [-0.2, -0.15) is 0 Å². The normalized spacial score (nSPS) is 16.0. The summed E-state index contributed by atoms with van der Waals surface area (Å²) >= 11 is 0. The lowest BCUT2D eigenvalue weighted by molar-refractivity contribution is -0.185. The van der Waals surface area contributed by atoms with Gasteiger partial charge in [0.2, 0.25) is 0 Å². The van der Waals surface area contributed by atoms with Crippen LogP contribution in [0.2, 0.25) is 0 Å². The van der Waals surface area contributed by atoms with E-state index in [9.17, 15) is 14.4 Å². The first-order valence-electron chi connectivity index (χ1n) is 11.0. The van der Waals surface area contributed by atoms with Crippen molar-refractivity contribution in [1.82, 2.24) is 4.90 Å². The number of hydrogen-bond acceptors (Lipinski definition) is 4. The smallest absolute Gasteiger partial charge is 0.295 e. The molecule has 6 heteroatoms. The molecule has 3 aromatic rings. The molecule has 1 heterocycles. The molecule has 1 saturated carbocycles. The van der Waals surface area contributed by atoms with Crippen molar-refractivity contribution in [2.75, 3.05) is 5.32 Å². The first kappa shape index (κ1) is 20.9. The third-order valence-corrected chi connectivity index (χ3v) is 6.60. The Balaban J connectivity index is 1.32. The summed E-state index contributed by atoms with van der Waals surface area (Å²) in [7, 11) is 0. The molecule has 1 aliphatic heterocycles. The van der Waals surface area contributed by atoms with E-state index < -0.39 is 5.72 Å². The van der Waals surface area contributed by atoms with Crippen molar-refractivity contribution in [3.63, 3.8) is 0 Å². The van der Waals surface area contributed by atoms with Crippen LogP contribution >= 0.6 is 0 Å². The zero-order chi connectivity index (χ0) is 23.0. The van der Waals surface area contributed by atoms with Gasteiger partial charge in [0.05, 0.1) is 6.54 Å². The Bertz CT molecular complexity index is 1230. The second-order valence-electron chi connectivity index (χ2n) is 8.67. The van der Waals surface area contributed by atoms with E-state index in [0.717, 1.165) is 28.7 Å². The van der Waals surface area contributed by atoms with Crippen LogP contribution < -0.4 is 5.32 Å². The molecule has 0 spiro atoms. The van der Waals surface area contributed by atoms with Crippen LogP contribution in [0, 0.1) is 6.92 Å². The van der Waals surface area contributed by atoms with E-state index in [4.69, 9.17) is 4.74 Å². The number of fused-ring (bicyclic) bond motifs is 1. The van der Waals surface area contributed by atoms with E-state index in [1.54, 1.807) is 17.0 Å². The highest BCUT2D eigenvalue weighted by atomic mass is 16.6. The van der Waals surface area contributed by atoms with Crippen LogP contribution in [0.4, 0.5) is 5.69 Å². The number of benzene rings is 3. The van der Waals surface area contributed by atoms with Gasteiger partial charge in [-0.1, -0.05) is 42.0 Å². The van der Waals surface area contributed by atoms with Crippen molar-refractivity contribution >= 4 is 24.0 Å². The number of hydrogen-bond donors (Lipinski definition) is 1. The number of rotatable bonds is 6. The Labute approximate surface area is 192 Å². The molecule has 2 aliphatic rings. The van der Waals surface area contributed by atoms with Gasteiger partial charge in [-0.05, 0) is 60.4 Å².